The Morgan fingerprint density at radius 2 is 1.89 bits per heavy atom. The Kier molecular flexibility index (Phi) is 4.62. The molecule has 104 valence electrons. The van der Waals surface area contributed by atoms with Gasteiger partial charge in [-0.15, -0.1) is 0 Å². The number of rotatable bonds is 3. The van der Waals surface area contributed by atoms with Crippen molar-refractivity contribution in [2.75, 3.05) is 26.8 Å². The summed E-state index contributed by atoms with van der Waals surface area (Å²) in [6.07, 6.45) is 7.39. The van der Waals surface area contributed by atoms with Gasteiger partial charge in [0.05, 0.1) is 5.41 Å². The summed E-state index contributed by atoms with van der Waals surface area (Å²) in [4.78, 5) is 14.7. The number of nitrogens with zero attached hydrogens (tertiary/aromatic N) is 1. The molecule has 1 aliphatic carbocycles. The van der Waals surface area contributed by atoms with Gasteiger partial charge in [-0.3, -0.25) is 4.79 Å². The van der Waals surface area contributed by atoms with Crippen molar-refractivity contribution < 1.29 is 9.53 Å². The van der Waals surface area contributed by atoms with Crippen molar-refractivity contribution in [2.24, 2.45) is 11.1 Å². The van der Waals surface area contributed by atoms with Crippen molar-refractivity contribution in [3.05, 3.63) is 0 Å². The normalized spacial score (nSPS) is 24.8. The minimum Gasteiger partial charge on any atom is -0.381 e. The lowest BCUT2D eigenvalue weighted by Gasteiger charge is -2.41. The predicted octanol–water partition coefficient (Wildman–Crippen LogP) is 1.53. The fourth-order valence-corrected chi connectivity index (χ4v) is 3.35. The van der Waals surface area contributed by atoms with E-state index >= 15 is 0 Å². The molecule has 2 aliphatic rings. The smallest absolute Gasteiger partial charge is 0.230 e. The molecule has 2 rings (SSSR count). The molecule has 18 heavy (non-hydrogen) atoms. The van der Waals surface area contributed by atoms with Crippen LogP contribution in [0.5, 0.6) is 0 Å². The lowest BCUT2D eigenvalue weighted by Crippen LogP contribution is -2.52. The van der Waals surface area contributed by atoms with E-state index in [-0.39, 0.29) is 11.3 Å². The average Bonchev–Trinajstić information content (AvgIpc) is 2.47. The number of ether oxygens (including phenoxy) is 1. The van der Waals surface area contributed by atoms with Crippen LogP contribution in [0.2, 0.25) is 0 Å². The van der Waals surface area contributed by atoms with Gasteiger partial charge in [-0.1, -0.05) is 19.3 Å². The number of nitrogens with two attached hydrogens (primary N) is 1. The highest BCUT2D eigenvalue weighted by Crippen LogP contribution is 2.37. The van der Waals surface area contributed by atoms with Crippen LogP contribution in [-0.2, 0) is 9.53 Å². The molecule has 1 saturated carbocycles. The highest BCUT2D eigenvalue weighted by molar-refractivity contribution is 5.83. The fraction of sp³-hybridized carbons (Fsp3) is 0.929. The Morgan fingerprint density at radius 3 is 2.44 bits per heavy atom. The number of amides is 1. The Bertz CT molecular complexity index is 282. The maximum atomic E-state index is 12.8. The third kappa shape index (κ3) is 2.69. The molecule has 1 heterocycles. The molecular formula is C14H26N2O2. The molecule has 1 saturated heterocycles. The van der Waals surface area contributed by atoms with Crippen LogP contribution >= 0.6 is 0 Å². The molecule has 0 radical (unpaired) electrons. The van der Waals surface area contributed by atoms with Gasteiger partial charge < -0.3 is 15.4 Å². The molecule has 0 bridgehead atoms. The number of hydrogen-bond donors (Lipinski definition) is 1. The molecule has 2 N–H and O–H groups in total. The third-order valence-electron chi connectivity index (χ3n) is 4.71. The summed E-state index contributed by atoms with van der Waals surface area (Å²) in [6, 6.07) is 0.344. The molecule has 4 nitrogen and oxygen atoms in total. The Morgan fingerprint density at radius 1 is 1.28 bits per heavy atom. The second-order valence-corrected chi connectivity index (χ2v) is 5.80. The summed E-state index contributed by atoms with van der Waals surface area (Å²) >= 11 is 0. The SMILES string of the molecule is CN(C(=O)C1(CN)CCCCC1)C1CCOCC1. The fourth-order valence-electron chi connectivity index (χ4n) is 3.35. The molecule has 0 aromatic rings. The van der Waals surface area contributed by atoms with Crippen molar-refractivity contribution in [1.82, 2.24) is 4.90 Å². The summed E-state index contributed by atoms with van der Waals surface area (Å²) < 4.78 is 5.36. The van der Waals surface area contributed by atoms with Crippen molar-refractivity contribution in [3.63, 3.8) is 0 Å². The van der Waals surface area contributed by atoms with E-state index in [1.54, 1.807) is 0 Å². The molecule has 1 aliphatic heterocycles. The van der Waals surface area contributed by atoms with Gasteiger partial charge in [-0.05, 0) is 25.7 Å². The maximum Gasteiger partial charge on any atom is 0.230 e. The van der Waals surface area contributed by atoms with Gasteiger partial charge in [-0.2, -0.15) is 0 Å². The summed E-state index contributed by atoms with van der Waals surface area (Å²) in [6.45, 7) is 2.05. The van der Waals surface area contributed by atoms with Crippen molar-refractivity contribution in [1.29, 1.82) is 0 Å². The van der Waals surface area contributed by atoms with Gasteiger partial charge in [0.15, 0.2) is 0 Å². The number of hydrogen-bond acceptors (Lipinski definition) is 3. The van der Waals surface area contributed by atoms with Crippen LogP contribution < -0.4 is 5.73 Å². The van der Waals surface area contributed by atoms with Gasteiger partial charge in [0.1, 0.15) is 0 Å². The first kappa shape index (κ1) is 13.8. The van der Waals surface area contributed by atoms with Crippen LogP contribution in [0.1, 0.15) is 44.9 Å². The second kappa shape index (κ2) is 6.02. The third-order valence-corrected chi connectivity index (χ3v) is 4.71. The Hall–Kier alpha value is -0.610. The van der Waals surface area contributed by atoms with Crippen LogP contribution in [0, 0.1) is 5.41 Å². The lowest BCUT2D eigenvalue weighted by molar-refractivity contribution is -0.146. The van der Waals surface area contributed by atoms with Crippen LogP contribution in [-0.4, -0.2) is 43.7 Å². The largest absolute Gasteiger partial charge is 0.381 e. The minimum absolute atomic E-state index is 0.273. The zero-order chi connectivity index (χ0) is 13.0. The van der Waals surface area contributed by atoms with E-state index in [1.807, 2.05) is 11.9 Å². The summed E-state index contributed by atoms with van der Waals surface area (Å²) in [5, 5.41) is 0. The monoisotopic (exact) mass is 254 g/mol. The highest BCUT2D eigenvalue weighted by atomic mass is 16.5. The zero-order valence-corrected chi connectivity index (χ0v) is 11.5. The Balaban J connectivity index is 2.03. The van der Waals surface area contributed by atoms with E-state index in [1.165, 1.54) is 6.42 Å². The quantitative estimate of drug-likeness (QED) is 0.831. The van der Waals surface area contributed by atoms with E-state index in [0.29, 0.717) is 12.6 Å². The first-order chi connectivity index (χ1) is 8.69. The topological polar surface area (TPSA) is 55.6 Å². The molecule has 0 spiro atoms. The van der Waals surface area contributed by atoms with E-state index in [0.717, 1.165) is 51.7 Å². The molecule has 2 fully saturated rings. The first-order valence-electron chi connectivity index (χ1n) is 7.25. The maximum absolute atomic E-state index is 12.8. The molecule has 4 heteroatoms. The molecular weight excluding hydrogens is 228 g/mol. The minimum atomic E-state index is -0.273. The van der Waals surface area contributed by atoms with Gasteiger partial charge in [0.2, 0.25) is 5.91 Å². The van der Waals surface area contributed by atoms with Gasteiger partial charge in [0.25, 0.3) is 0 Å². The van der Waals surface area contributed by atoms with E-state index < -0.39 is 0 Å². The molecule has 0 aromatic heterocycles. The summed E-state index contributed by atoms with van der Waals surface area (Å²) in [7, 11) is 1.95. The highest BCUT2D eigenvalue weighted by Gasteiger charge is 2.41. The Labute approximate surface area is 110 Å². The molecule has 0 aromatic carbocycles. The van der Waals surface area contributed by atoms with Crippen LogP contribution in [0.15, 0.2) is 0 Å². The van der Waals surface area contributed by atoms with Gasteiger partial charge in [0, 0.05) is 32.8 Å². The van der Waals surface area contributed by atoms with Crippen molar-refractivity contribution in [3.8, 4) is 0 Å². The summed E-state index contributed by atoms with van der Waals surface area (Å²) in [5.74, 6) is 0.275. The second-order valence-electron chi connectivity index (χ2n) is 5.80. The summed E-state index contributed by atoms with van der Waals surface area (Å²) in [5.41, 5.74) is 5.66. The van der Waals surface area contributed by atoms with E-state index in [9.17, 15) is 4.79 Å². The molecule has 1 amide bonds. The van der Waals surface area contributed by atoms with Crippen molar-refractivity contribution >= 4 is 5.91 Å². The van der Waals surface area contributed by atoms with E-state index in [4.69, 9.17) is 10.5 Å². The lowest BCUT2D eigenvalue weighted by atomic mass is 9.73. The van der Waals surface area contributed by atoms with Crippen LogP contribution in [0.4, 0.5) is 0 Å². The van der Waals surface area contributed by atoms with E-state index in [2.05, 4.69) is 0 Å². The predicted molar refractivity (Wildman–Crippen MR) is 71.2 cm³/mol. The molecule has 0 unspecified atom stereocenters. The van der Waals surface area contributed by atoms with Crippen molar-refractivity contribution in [2.45, 2.75) is 51.0 Å². The number of carbonyl (C=O) groups excluding carboxylic acids is 1. The van der Waals surface area contributed by atoms with Crippen LogP contribution in [0.3, 0.4) is 0 Å². The average molecular weight is 254 g/mol. The molecule has 0 atom stereocenters. The number of carbonyl (C=O) groups is 1. The van der Waals surface area contributed by atoms with Gasteiger partial charge in [-0.25, -0.2) is 0 Å². The van der Waals surface area contributed by atoms with Gasteiger partial charge >= 0.3 is 0 Å². The van der Waals surface area contributed by atoms with Crippen LogP contribution in [0.25, 0.3) is 0 Å². The zero-order valence-electron chi connectivity index (χ0n) is 11.5. The standard InChI is InChI=1S/C14H26N2O2/c1-16(12-5-9-18-10-6-12)13(17)14(11-15)7-3-2-4-8-14/h12H,2-11,15H2,1H3. The first-order valence-corrected chi connectivity index (χ1v) is 7.25.